The van der Waals surface area contributed by atoms with E-state index in [-0.39, 0.29) is 15.6 Å². The molecule has 0 radical (unpaired) electrons. The van der Waals surface area contributed by atoms with Gasteiger partial charge in [0.1, 0.15) is 9.46 Å². The maximum atomic E-state index is 13.1. The first-order chi connectivity index (χ1) is 14.9. The monoisotopic (exact) mass is 489 g/mol. The number of benzene rings is 2. The Morgan fingerprint density at radius 2 is 1.35 bits per heavy atom. The van der Waals surface area contributed by atoms with Crippen LogP contribution >= 0.6 is 22.7 Å². The lowest BCUT2D eigenvalue weighted by atomic mass is 10.1. The molecule has 0 aliphatic carbocycles. The second-order valence-corrected chi connectivity index (χ2v) is 12.8. The predicted octanol–water partition coefficient (Wildman–Crippen LogP) is 4.97. The van der Waals surface area contributed by atoms with Gasteiger partial charge in [-0.1, -0.05) is 54.6 Å². The molecule has 4 rings (SSSR count). The van der Waals surface area contributed by atoms with Crippen LogP contribution in [-0.2, 0) is 19.9 Å². The zero-order valence-corrected chi connectivity index (χ0v) is 19.5. The van der Waals surface area contributed by atoms with Gasteiger partial charge in [-0.3, -0.25) is 0 Å². The van der Waals surface area contributed by atoms with Crippen LogP contribution in [0.5, 0.6) is 0 Å². The molecular weight excluding hydrogens is 471 g/mol. The number of hydrogen-bond acceptors (Lipinski definition) is 6. The van der Waals surface area contributed by atoms with E-state index in [2.05, 4.69) is 4.72 Å². The van der Waals surface area contributed by atoms with E-state index in [0.717, 1.165) is 22.5 Å². The van der Waals surface area contributed by atoms with Crippen molar-refractivity contribution in [3.05, 3.63) is 94.5 Å². The van der Waals surface area contributed by atoms with Crippen LogP contribution in [0.2, 0.25) is 0 Å². The van der Waals surface area contributed by atoms with Crippen molar-refractivity contribution in [1.82, 2.24) is 4.72 Å². The van der Waals surface area contributed by atoms with E-state index < -0.39 is 25.1 Å². The minimum absolute atomic E-state index is 0.0885. The summed E-state index contributed by atoms with van der Waals surface area (Å²) in [5.74, 6) is 0. The topological polar surface area (TPSA) is 80.3 Å². The molecule has 9 heteroatoms. The Hall–Kier alpha value is -2.30. The SMILES string of the molecule is O=S(=O)(NCC(c1cccs1)S(=O)(=O)c1cccs1)c1ccc(-c2ccccc2)cc1. The third kappa shape index (κ3) is 4.81. The Kier molecular flexibility index (Phi) is 6.40. The van der Waals surface area contributed by atoms with Gasteiger partial charge in [0.2, 0.25) is 10.0 Å². The molecule has 2 aromatic carbocycles. The average molecular weight is 490 g/mol. The molecule has 0 aliphatic heterocycles. The maximum Gasteiger partial charge on any atom is 0.240 e. The molecule has 31 heavy (non-hydrogen) atoms. The van der Waals surface area contributed by atoms with Crippen molar-refractivity contribution in [1.29, 1.82) is 0 Å². The van der Waals surface area contributed by atoms with E-state index in [4.69, 9.17) is 0 Å². The fraction of sp³-hybridized carbons (Fsp3) is 0.0909. The first kappa shape index (κ1) is 21.9. The van der Waals surface area contributed by atoms with Crippen LogP contribution in [0.25, 0.3) is 11.1 Å². The van der Waals surface area contributed by atoms with Gasteiger partial charge in [-0.2, -0.15) is 0 Å². The van der Waals surface area contributed by atoms with E-state index in [1.807, 2.05) is 30.3 Å². The minimum atomic E-state index is -3.88. The van der Waals surface area contributed by atoms with Gasteiger partial charge in [0.15, 0.2) is 9.84 Å². The van der Waals surface area contributed by atoms with Gasteiger partial charge in [0.05, 0.1) is 4.90 Å². The Morgan fingerprint density at radius 1 is 0.710 bits per heavy atom. The Labute approximate surface area is 190 Å². The summed E-state index contributed by atoms with van der Waals surface area (Å²) in [6.45, 7) is -0.247. The van der Waals surface area contributed by atoms with Gasteiger partial charge in [-0.15, -0.1) is 22.7 Å². The largest absolute Gasteiger partial charge is 0.240 e. The summed E-state index contributed by atoms with van der Waals surface area (Å²) in [6, 6.07) is 22.9. The van der Waals surface area contributed by atoms with Crippen LogP contribution in [0.3, 0.4) is 0 Å². The van der Waals surface area contributed by atoms with Crippen molar-refractivity contribution in [2.24, 2.45) is 0 Å². The molecule has 1 unspecified atom stereocenters. The Morgan fingerprint density at radius 3 is 1.97 bits per heavy atom. The molecule has 4 aromatic rings. The lowest BCUT2D eigenvalue weighted by molar-refractivity contribution is 0.570. The van der Waals surface area contributed by atoms with Crippen LogP contribution in [0.4, 0.5) is 0 Å². The quantitative estimate of drug-likeness (QED) is 0.379. The average Bonchev–Trinajstić information content (AvgIpc) is 3.49. The number of sulfonamides is 1. The molecule has 0 aliphatic rings. The van der Waals surface area contributed by atoms with E-state index >= 15 is 0 Å². The molecule has 0 saturated carbocycles. The summed E-state index contributed by atoms with van der Waals surface area (Å²) in [6.07, 6.45) is 0. The molecule has 1 atom stereocenters. The van der Waals surface area contributed by atoms with Crippen molar-refractivity contribution in [3.8, 4) is 11.1 Å². The highest BCUT2D eigenvalue weighted by Crippen LogP contribution is 2.33. The van der Waals surface area contributed by atoms with Crippen molar-refractivity contribution in [2.45, 2.75) is 14.4 Å². The summed E-state index contributed by atoms with van der Waals surface area (Å²) >= 11 is 2.42. The predicted molar refractivity (Wildman–Crippen MR) is 126 cm³/mol. The van der Waals surface area contributed by atoms with Crippen LogP contribution in [0.15, 0.2) is 98.7 Å². The van der Waals surface area contributed by atoms with E-state index in [1.165, 1.54) is 29.5 Å². The second kappa shape index (κ2) is 9.05. The second-order valence-electron chi connectivity index (χ2n) is 6.72. The van der Waals surface area contributed by atoms with Crippen LogP contribution in [0.1, 0.15) is 10.1 Å². The van der Waals surface area contributed by atoms with Crippen LogP contribution in [-0.4, -0.2) is 23.4 Å². The first-order valence-electron chi connectivity index (χ1n) is 9.34. The van der Waals surface area contributed by atoms with Gasteiger partial charge in [0.25, 0.3) is 0 Å². The Balaban J connectivity index is 1.57. The highest BCUT2D eigenvalue weighted by molar-refractivity contribution is 7.94. The zero-order chi connectivity index (χ0) is 21.9. The fourth-order valence-electron chi connectivity index (χ4n) is 3.13. The summed E-state index contributed by atoms with van der Waals surface area (Å²) in [5.41, 5.74) is 1.88. The van der Waals surface area contributed by atoms with E-state index in [9.17, 15) is 16.8 Å². The van der Waals surface area contributed by atoms with Gasteiger partial charge in [0, 0.05) is 11.4 Å². The van der Waals surface area contributed by atoms with Crippen molar-refractivity contribution in [2.75, 3.05) is 6.54 Å². The molecule has 2 heterocycles. The third-order valence-electron chi connectivity index (χ3n) is 4.74. The number of nitrogens with one attached hydrogen (secondary N) is 1. The number of hydrogen-bond donors (Lipinski definition) is 1. The minimum Gasteiger partial charge on any atom is -0.222 e. The van der Waals surface area contributed by atoms with Crippen LogP contribution < -0.4 is 4.72 Å². The van der Waals surface area contributed by atoms with Crippen molar-refractivity contribution in [3.63, 3.8) is 0 Å². The third-order valence-corrected chi connectivity index (χ3v) is 10.8. The molecule has 0 spiro atoms. The van der Waals surface area contributed by atoms with Crippen LogP contribution in [0, 0.1) is 0 Å². The standard InChI is InChI=1S/C22H19NO4S4/c24-30(25,22-9-5-15-29-22)21(20-8-4-14-28-20)16-23-31(26,27)19-12-10-18(11-13-19)17-6-2-1-3-7-17/h1-15,21,23H,16H2. The lowest BCUT2D eigenvalue weighted by Gasteiger charge is -2.16. The van der Waals surface area contributed by atoms with E-state index in [1.54, 1.807) is 41.1 Å². The number of rotatable bonds is 8. The normalized spacial score (nSPS) is 13.2. The molecule has 0 fully saturated rings. The number of thiophene rings is 2. The van der Waals surface area contributed by atoms with Crippen molar-refractivity contribution < 1.29 is 16.8 Å². The number of sulfone groups is 1. The molecule has 0 bridgehead atoms. The molecule has 1 N–H and O–H groups in total. The molecule has 5 nitrogen and oxygen atoms in total. The van der Waals surface area contributed by atoms with Gasteiger partial charge in [-0.25, -0.2) is 21.6 Å². The maximum absolute atomic E-state index is 13.1. The van der Waals surface area contributed by atoms with Gasteiger partial charge < -0.3 is 0 Å². The summed E-state index contributed by atoms with van der Waals surface area (Å²) in [5, 5.41) is 2.48. The molecule has 2 aromatic heterocycles. The summed E-state index contributed by atoms with van der Waals surface area (Å²) in [7, 11) is -7.61. The van der Waals surface area contributed by atoms with Gasteiger partial charge in [-0.05, 0) is 46.2 Å². The smallest absolute Gasteiger partial charge is 0.222 e. The van der Waals surface area contributed by atoms with Gasteiger partial charge >= 0.3 is 0 Å². The lowest BCUT2D eigenvalue weighted by Crippen LogP contribution is -2.31. The van der Waals surface area contributed by atoms with Crippen molar-refractivity contribution >= 4 is 42.5 Å². The molecule has 160 valence electrons. The van der Waals surface area contributed by atoms with E-state index in [0.29, 0.717) is 4.88 Å². The summed E-state index contributed by atoms with van der Waals surface area (Å²) < 4.78 is 54.7. The Bertz CT molecular complexity index is 1330. The highest BCUT2D eigenvalue weighted by Gasteiger charge is 2.32. The molecule has 0 saturated heterocycles. The first-order valence-corrected chi connectivity index (χ1v) is 14.1. The molecule has 0 amide bonds. The zero-order valence-electron chi connectivity index (χ0n) is 16.2. The summed E-state index contributed by atoms with van der Waals surface area (Å²) in [4.78, 5) is 0.682. The highest BCUT2D eigenvalue weighted by atomic mass is 32.2. The molecular formula is C22H19NO4S4. The fourth-order valence-corrected chi connectivity index (χ4v) is 8.27.